The number of nitrogens with one attached hydrogen (secondary N) is 1. The molecule has 0 radical (unpaired) electrons. The third-order valence-electron chi connectivity index (χ3n) is 1.79. The lowest BCUT2D eigenvalue weighted by atomic mass is 9.99. The summed E-state index contributed by atoms with van der Waals surface area (Å²) in [5.74, 6) is 0.802. The minimum atomic E-state index is 0.802. The summed E-state index contributed by atoms with van der Waals surface area (Å²) in [5, 5.41) is 3.29. The summed E-state index contributed by atoms with van der Waals surface area (Å²) in [6.07, 6.45) is 4.30. The number of hydrogen-bond acceptors (Lipinski definition) is 2. The van der Waals surface area contributed by atoms with Crippen LogP contribution in [0.2, 0.25) is 0 Å². The number of hydrogen-bond donors (Lipinski definition) is 2. The van der Waals surface area contributed by atoms with Crippen molar-refractivity contribution < 1.29 is 0 Å². The van der Waals surface area contributed by atoms with Gasteiger partial charge in [-0.2, -0.15) is 0 Å². The first-order chi connectivity index (χ1) is 6.35. The summed E-state index contributed by atoms with van der Waals surface area (Å²) < 4.78 is 0. The molecule has 2 nitrogen and oxygen atoms in total. The summed E-state index contributed by atoms with van der Waals surface area (Å²) in [5.41, 5.74) is 5.48. The molecule has 3 N–H and O–H groups in total. The summed E-state index contributed by atoms with van der Waals surface area (Å²) in [4.78, 5) is 0. The third-order valence-corrected chi connectivity index (χ3v) is 1.79. The molecule has 0 atom stereocenters. The SMILES string of the molecule is C=CC.CC.NCC1CCNCC1. The molecule has 0 saturated carbocycles. The Kier molecular flexibility index (Phi) is 16.5. The van der Waals surface area contributed by atoms with Gasteiger partial charge in [-0.1, -0.05) is 19.9 Å². The van der Waals surface area contributed by atoms with Gasteiger partial charge in [-0.25, -0.2) is 0 Å². The van der Waals surface area contributed by atoms with E-state index in [9.17, 15) is 0 Å². The molecular weight excluding hydrogens is 160 g/mol. The van der Waals surface area contributed by atoms with Gasteiger partial charge < -0.3 is 11.1 Å². The van der Waals surface area contributed by atoms with E-state index in [1.165, 1.54) is 25.9 Å². The maximum Gasteiger partial charge on any atom is -0.00458 e. The van der Waals surface area contributed by atoms with Crippen molar-refractivity contribution >= 4 is 0 Å². The van der Waals surface area contributed by atoms with Crippen molar-refractivity contribution in [2.75, 3.05) is 19.6 Å². The van der Waals surface area contributed by atoms with Crippen LogP contribution in [0.1, 0.15) is 33.6 Å². The molecule has 0 aromatic heterocycles. The molecule has 1 rings (SSSR count). The van der Waals surface area contributed by atoms with Crippen molar-refractivity contribution in [3.63, 3.8) is 0 Å². The van der Waals surface area contributed by atoms with Crippen molar-refractivity contribution in [2.24, 2.45) is 11.7 Å². The average Bonchev–Trinajstić information content (AvgIpc) is 2.23. The van der Waals surface area contributed by atoms with Gasteiger partial charge in [0.15, 0.2) is 0 Å². The van der Waals surface area contributed by atoms with Crippen LogP contribution in [0.5, 0.6) is 0 Å². The predicted molar refractivity (Wildman–Crippen MR) is 61.9 cm³/mol. The van der Waals surface area contributed by atoms with Gasteiger partial charge in [0.2, 0.25) is 0 Å². The lowest BCUT2D eigenvalue weighted by Crippen LogP contribution is -2.31. The number of allylic oxidation sites excluding steroid dienone is 1. The zero-order valence-electron chi connectivity index (χ0n) is 9.47. The highest BCUT2D eigenvalue weighted by Gasteiger charge is 2.09. The molecule has 1 aliphatic rings. The molecule has 13 heavy (non-hydrogen) atoms. The Morgan fingerprint density at radius 3 is 2.00 bits per heavy atom. The molecule has 0 aromatic carbocycles. The van der Waals surface area contributed by atoms with E-state index in [-0.39, 0.29) is 0 Å². The van der Waals surface area contributed by atoms with E-state index in [4.69, 9.17) is 5.73 Å². The predicted octanol–water partition coefficient (Wildman–Crippen LogP) is 2.16. The second-order valence-electron chi connectivity index (χ2n) is 2.84. The summed E-state index contributed by atoms with van der Waals surface area (Å²) >= 11 is 0. The van der Waals surface area contributed by atoms with Crippen LogP contribution >= 0.6 is 0 Å². The van der Waals surface area contributed by atoms with Gasteiger partial charge in [0.1, 0.15) is 0 Å². The van der Waals surface area contributed by atoms with Crippen LogP contribution < -0.4 is 11.1 Å². The van der Waals surface area contributed by atoms with E-state index >= 15 is 0 Å². The van der Waals surface area contributed by atoms with Gasteiger partial charge in [0, 0.05) is 0 Å². The zero-order valence-corrected chi connectivity index (χ0v) is 9.47. The Labute approximate surface area is 83.6 Å². The van der Waals surface area contributed by atoms with Crippen LogP contribution in [0, 0.1) is 5.92 Å². The molecule has 1 aliphatic heterocycles. The molecule has 0 amide bonds. The molecule has 0 bridgehead atoms. The zero-order chi connectivity index (χ0) is 10.5. The molecule has 1 fully saturated rings. The first-order valence-electron chi connectivity index (χ1n) is 5.33. The second-order valence-corrected chi connectivity index (χ2v) is 2.84. The Bertz CT molecular complexity index is 86.1. The second kappa shape index (κ2) is 14.2. The van der Waals surface area contributed by atoms with Crippen LogP contribution in [-0.2, 0) is 0 Å². The van der Waals surface area contributed by atoms with Crippen LogP contribution in [0.4, 0.5) is 0 Å². The summed E-state index contributed by atoms with van der Waals surface area (Å²) in [6, 6.07) is 0. The van der Waals surface area contributed by atoms with Crippen molar-refractivity contribution in [3.05, 3.63) is 12.7 Å². The first kappa shape index (κ1) is 15.1. The summed E-state index contributed by atoms with van der Waals surface area (Å²) in [6.45, 7) is 12.5. The topological polar surface area (TPSA) is 38.0 Å². The molecular formula is C11H26N2. The van der Waals surface area contributed by atoms with Crippen molar-refractivity contribution in [3.8, 4) is 0 Å². The highest BCUT2D eigenvalue weighted by atomic mass is 14.9. The maximum absolute atomic E-state index is 5.48. The van der Waals surface area contributed by atoms with E-state index in [2.05, 4.69) is 11.9 Å². The van der Waals surface area contributed by atoms with E-state index < -0.39 is 0 Å². The standard InChI is InChI=1S/C6H14N2.C3H6.C2H6/c7-5-6-1-3-8-4-2-6;1-3-2;1-2/h6,8H,1-5,7H2;3H,1H2,2H3;1-2H3. The molecule has 1 saturated heterocycles. The quantitative estimate of drug-likeness (QED) is 0.616. The fraction of sp³-hybridized carbons (Fsp3) is 0.818. The Hall–Kier alpha value is -0.340. The Balaban J connectivity index is 0. The minimum Gasteiger partial charge on any atom is -0.330 e. The highest BCUT2D eigenvalue weighted by Crippen LogP contribution is 2.07. The summed E-state index contributed by atoms with van der Waals surface area (Å²) in [7, 11) is 0. The smallest absolute Gasteiger partial charge is 0.00458 e. The van der Waals surface area contributed by atoms with Crippen LogP contribution in [0.3, 0.4) is 0 Å². The van der Waals surface area contributed by atoms with E-state index in [1.54, 1.807) is 6.08 Å². The first-order valence-corrected chi connectivity index (χ1v) is 5.33. The Morgan fingerprint density at radius 1 is 1.38 bits per heavy atom. The number of rotatable bonds is 1. The molecule has 0 aliphatic carbocycles. The molecule has 0 spiro atoms. The average molecular weight is 186 g/mol. The fourth-order valence-electron chi connectivity index (χ4n) is 1.12. The molecule has 0 aromatic rings. The van der Waals surface area contributed by atoms with Crippen LogP contribution in [-0.4, -0.2) is 19.6 Å². The van der Waals surface area contributed by atoms with E-state index in [1.807, 2.05) is 20.8 Å². The normalized spacial score (nSPS) is 16.0. The van der Waals surface area contributed by atoms with E-state index in [0.29, 0.717) is 0 Å². The number of nitrogens with two attached hydrogens (primary N) is 1. The molecule has 80 valence electrons. The van der Waals surface area contributed by atoms with Gasteiger partial charge in [0.05, 0.1) is 0 Å². The highest BCUT2D eigenvalue weighted by molar-refractivity contribution is 4.68. The van der Waals surface area contributed by atoms with Crippen molar-refractivity contribution in [2.45, 2.75) is 33.6 Å². The largest absolute Gasteiger partial charge is 0.330 e. The lowest BCUT2D eigenvalue weighted by molar-refractivity contribution is 0.382. The molecule has 2 heteroatoms. The lowest BCUT2D eigenvalue weighted by Gasteiger charge is -2.20. The van der Waals surface area contributed by atoms with Gasteiger partial charge in [-0.3, -0.25) is 0 Å². The van der Waals surface area contributed by atoms with E-state index in [0.717, 1.165) is 12.5 Å². The van der Waals surface area contributed by atoms with Crippen molar-refractivity contribution in [1.29, 1.82) is 0 Å². The third kappa shape index (κ3) is 11.7. The number of piperidine rings is 1. The fourth-order valence-corrected chi connectivity index (χ4v) is 1.12. The molecule has 1 heterocycles. The van der Waals surface area contributed by atoms with Gasteiger partial charge >= 0.3 is 0 Å². The van der Waals surface area contributed by atoms with Gasteiger partial charge in [-0.15, -0.1) is 6.58 Å². The maximum atomic E-state index is 5.48. The van der Waals surface area contributed by atoms with Crippen LogP contribution in [0.25, 0.3) is 0 Å². The Morgan fingerprint density at radius 2 is 1.77 bits per heavy atom. The van der Waals surface area contributed by atoms with Gasteiger partial charge in [0.25, 0.3) is 0 Å². The van der Waals surface area contributed by atoms with Crippen LogP contribution in [0.15, 0.2) is 12.7 Å². The van der Waals surface area contributed by atoms with Gasteiger partial charge in [-0.05, 0) is 45.3 Å². The monoisotopic (exact) mass is 186 g/mol. The molecule has 0 unspecified atom stereocenters. The van der Waals surface area contributed by atoms with Crippen molar-refractivity contribution in [1.82, 2.24) is 5.32 Å². The minimum absolute atomic E-state index is 0.802.